The molecule has 1 unspecified atom stereocenters. The molecule has 1 aromatic carbocycles. The highest BCUT2D eigenvalue weighted by atomic mass is 35.5. The van der Waals surface area contributed by atoms with Gasteiger partial charge in [0.2, 0.25) is 0 Å². The second-order valence-corrected chi connectivity index (χ2v) is 3.91. The van der Waals surface area contributed by atoms with Crippen LogP contribution in [0.1, 0.15) is 17.5 Å². The zero-order valence-corrected chi connectivity index (χ0v) is 9.54. The molecule has 0 amide bonds. The molecule has 2 aromatic rings. The predicted octanol–water partition coefficient (Wildman–Crippen LogP) is 1.54. The van der Waals surface area contributed by atoms with E-state index in [2.05, 4.69) is 10.1 Å². The lowest BCUT2D eigenvalue weighted by Gasteiger charge is -2.10. The number of aromatic nitrogens is 3. The Hall–Kier alpha value is -1.90. The van der Waals surface area contributed by atoms with Crippen LogP contribution in [0.15, 0.2) is 30.6 Å². The Balaban J connectivity index is 2.08. The van der Waals surface area contributed by atoms with E-state index >= 15 is 0 Å². The van der Waals surface area contributed by atoms with Crippen molar-refractivity contribution in [2.24, 2.45) is 0 Å². The molecule has 0 aliphatic rings. The van der Waals surface area contributed by atoms with Gasteiger partial charge in [0.25, 0.3) is 5.82 Å². The van der Waals surface area contributed by atoms with Gasteiger partial charge in [0, 0.05) is 5.02 Å². The minimum Gasteiger partial charge on any atom is -0.386 e. The molecule has 1 heterocycles. The first-order chi connectivity index (χ1) is 8.19. The van der Waals surface area contributed by atoms with E-state index in [4.69, 9.17) is 16.9 Å². The zero-order valence-electron chi connectivity index (χ0n) is 8.79. The van der Waals surface area contributed by atoms with Crippen LogP contribution in [0, 0.1) is 11.3 Å². The Morgan fingerprint density at radius 1 is 1.41 bits per heavy atom. The van der Waals surface area contributed by atoms with Gasteiger partial charge in [-0.15, -0.1) is 5.10 Å². The molecule has 86 valence electrons. The minimum atomic E-state index is -0.708. The van der Waals surface area contributed by atoms with E-state index in [1.54, 1.807) is 24.3 Å². The third-order valence-electron chi connectivity index (χ3n) is 2.25. The number of nitriles is 1. The van der Waals surface area contributed by atoms with Crippen molar-refractivity contribution in [3.63, 3.8) is 0 Å². The molecule has 0 radical (unpaired) electrons. The Bertz CT molecular complexity index is 543. The molecule has 5 nitrogen and oxygen atoms in total. The summed E-state index contributed by atoms with van der Waals surface area (Å²) in [6.45, 7) is 0.246. The molecule has 0 aliphatic carbocycles. The number of aliphatic hydroxyl groups is 1. The van der Waals surface area contributed by atoms with Gasteiger partial charge in [-0.05, 0) is 17.7 Å². The van der Waals surface area contributed by atoms with E-state index in [-0.39, 0.29) is 12.4 Å². The van der Waals surface area contributed by atoms with Crippen molar-refractivity contribution in [2.45, 2.75) is 12.6 Å². The van der Waals surface area contributed by atoms with Crippen LogP contribution in [0.3, 0.4) is 0 Å². The third kappa shape index (κ3) is 2.81. The summed E-state index contributed by atoms with van der Waals surface area (Å²) >= 11 is 5.75. The van der Waals surface area contributed by atoms with E-state index in [9.17, 15) is 5.11 Å². The van der Waals surface area contributed by atoms with Gasteiger partial charge in [0.15, 0.2) is 0 Å². The minimum absolute atomic E-state index is 0.0910. The third-order valence-corrected chi connectivity index (χ3v) is 2.50. The molecule has 1 N–H and O–H groups in total. The molecule has 0 aliphatic heterocycles. The predicted molar refractivity (Wildman–Crippen MR) is 61.1 cm³/mol. The lowest BCUT2D eigenvalue weighted by molar-refractivity contribution is 0.151. The van der Waals surface area contributed by atoms with Gasteiger partial charge < -0.3 is 5.11 Å². The summed E-state index contributed by atoms with van der Waals surface area (Å²) in [5, 5.41) is 23.0. The summed E-state index contributed by atoms with van der Waals surface area (Å²) in [7, 11) is 0. The number of aliphatic hydroxyl groups excluding tert-OH is 1. The van der Waals surface area contributed by atoms with Gasteiger partial charge in [0.05, 0.1) is 12.6 Å². The van der Waals surface area contributed by atoms with Crippen LogP contribution in [-0.2, 0) is 6.54 Å². The fourth-order valence-corrected chi connectivity index (χ4v) is 1.53. The lowest BCUT2D eigenvalue weighted by Crippen LogP contribution is -2.09. The van der Waals surface area contributed by atoms with E-state index in [1.165, 1.54) is 11.0 Å². The van der Waals surface area contributed by atoms with E-state index in [1.807, 2.05) is 6.07 Å². The van der Waals surface area contributed by atoms with Gasteiger partial charge in [-0.25, -0.2) is 9.67 Å². The Labute approximate surface area is 103 Å². The van der Waals surface area contributed by atoms with Crippen LogP contribution in [0.4, 0.5) is 0 Å². The highest BCUT2D eigenvalue weighted by Gasteiger charge is 2.09. The van der Waals surface area contributed by atoms with Crippen molar-refractivity contribution < 1.29 is 5.11 Å². The monoisotopic (exact) mass is 248 g/mol. The average Bonchev–Trinajstić information content (AvgIpc) is 2.77. The van der Waals surface area contributed by atoms with Crippen LogP contribution in [0.2, 0.25) is 5.02 Å². The van der Waals surface area contributed by atoms with Crippen molar-refractivity contribution >= 4 is 11.6 Å². The first-order valence-electron chi connectivity index (χ1n) is 4.92. The van der Waals surface area contributed by atoms with Gasteiger partial charge in [0.1, 0.15) is 12.4 Å². The highest BCUT2D eigenvalue weighted by molar-refractivity contribution is 6.30. The summed E-state index contributed by atoms with van der Waals surface area (Å²) in [5.41, 5.74) is 0.739. The summed E-state index contributed by atoms with van der Waals surface area (Å²) < 4.78 is 1.43. The van der Waals surface area contributed by atoms with E-state index in [0.717, 1.165) is 5.56 Å². The van der Waals surface area contributed by atoms with Gasteiger partial charge in [-0.1, -0.05) is 23.7 Å². The number of rotatable bonds is 3. The van der Waals surface area contributed by atoms with Gasteiger partial charge in [-0.3, -0.25) is 0 Å². The van der Waals surface area contributed by atoms with Crippen molar-refractivity contribution in [3.05, 3.63) is 47.0 Å². The molecule has 0 saturated carbocycles. The summed E-state index contributed by atoms with van der Waals surface area (Å²) in [6.07, 6.45) is 0.707. The quantitative estimate of drug-likeness (QED) is 0.894. The number of benzene rings is 1. The van der Waals surface area contributed by atoms with E-state index < -0.39 is 6.10 Å². The SMILES string of the molecule is N#Cc1ncn(CC(O)c2ccc(Cl)cc2)n1. The molecule has 0 spiro atoms. The fourth-order valence-electron chi connectivity index (χ4n) is 1.40. The summed E-state index contributed by atoms with van der Waals surface area (Å²) in [4.78, 5) is 3.75. The molecular formula is C11H9ClN4O. The van der Waals surface area contributed by atoms with Crippen LogP contribution in [0.25, 0.3) is 0 Å². The second-order valence-electron chi connectivity index (χ2n) is 3.47. The Kier molecular flexibility index (Phi) is 3.38. The second kappa shape index (κ2) is 4.95. The topological polar surface area (TPSA) is 74.7 Å². The van der Waals surface area contributed by atoms with Gasteiger partial charge in [-0.2, -0.15) is 5.26 Å². The van der Waals surface area contributed by atoms with Crippen LogP contribution in [-0.4, -0.2) is 19.9 Å². The van der Waals surface area contributed by atoms with Crippen molar-refractivity contribution in [2.75, 3.05) is 0 Å². The number of hydrogen-bond acceptors (Lipinski definition) is 4. The Morgan fingerprint density at radius 2 is 2.12 bits per heavy atom. The average molecular weight is 249 g/mol. The normalized spacial score (nSPS) is 12.1. The maximum atomic E-state index is 9.93. The van der Waals surface area contributed by atoms with E-state index in [0.29, 0.717) is 5.02 Å². The maximum absolute atomic E-state index is 9.93. The summed E-state index contributed by atoms with van der Waals surface area (Å²) in [5.74, 6) is 0.0910. The molecule has 17 heavy (non-hydrogen) atoms. The molecule has 0 bridgehead atoms. The number of hydrogen-bond donors (Lipinski definition) is 1. The number of nitrogens with zero attached hydrogens (tertiary/aromatic N) is 4. The van der Waals surface area contributed by atoms with Crippen molar-refractivity contribution in [3.8, 4) is 6.07 Å². The smallest absolute Gasteiger partial charge is 0.252 e. The molecule has 1 atom stereocenters. The first-order valence-corrected chi connectivity index (χ1v) is 5.30. The molecule has 1 aromatic heterocycles. The highest BCUT2D eigenvalue weighted by Crippen LogP contribution is 2.17. The molecule has 0 saturated heterocycles. The lowest BCUT2D eigenvalue weighted by atomic mass is 10.1. The van der Waals surface area contributed by atoms with Gasteiger partial charge >= 0.3 is 0 Å². The molecule has 6 heteroatoms. The Morgan fingerprint density at radius 3 is 2.71 bits per heavy atom. The molecule has 2 rings (SSSR count). The van der Waals surface area contributed by atoms with Crippen LogP contribution >= 0.6 is 11.6 Å². The van der Waals surface area contributed by atoms with Crippen molar-refractivity contribution in [1.29, 1.82) is 5.26 Å². The van der Waals surface area contributed by atoms with Crippen molar-refractivity contribution in [1.82, 2.24) is 14.8 Å². The fraction of sp³-hybridized carbons (Fsp3) is 0.182. The van der Waals surface area contributed by atoms with Crippen LogP contribution < -0.4 is 0 Å². The molecule has 0 fully saturated rings. The first kappa shape index (κ1) is 11.6. The van der Waals surface area contributed by atoms with Crippen LogP contribution in [0.5, 0.6) is 0 Å². The largest absolute Gasteiger partial charge is 0.386 e. The molecular weight excluding hydrogens is 240 g/mol. The summed E-state index contributed by atoms with van der Waals surface area (Å²) in [6, 6.07) is 8.74. The zero-order chi connectivity index (χ0) is 12.3. The maximum Gasteiger partial charge on any atom is 0.252 e. The standard InChI is InChI=1S/C11H9ClN4O/c12-9-3-1-8(2-4-9)10(17)6-16-7-14-11(5-13)15-16/h1-4,7,10,17H,6H2. The number of halogens is 1.